The largest absolute Gasteiger partial charge is 0.366 e. The van der Waals surface area contributed by atoms with Crippen molar-refractivity contribution in [3.8, 4) is 0 Å². The number of rotatable bonds is 1. The molecule has 0 radical (unpaired) electrons. The minimum absolute atomic E-state index is 0.849. The fourth-order valence-corrected chi connectivity index (χ4v) is 2.40. The van der Waals surface area contributed by atoms with Crippen LogP contribution in [0.4, 0.5) is 5.00 Å². The Bertz CT molecular complexity index is 292. The number of fused-ring (bicyclic) bond motifs is 1. The van der Waals surface area contributed by atoms with E-state index in [1.807, 2.05) is 6.07 Å². The molecule has 1 aliphatic rings. The van der Waals surface area contributed by atoms with E-state index in [1.54, 1.807) is 11.3 Å². The second-order valence-corrected chi connectivity index (χ2v) is 3.83. The molecule has 0 saturated carbocycles. The highest BCUT2D eigenvalue weighted by atomic mass is 32.1. The van der Waals surface area contributed by atoms with Gasteiger partial charge < -0.3 is 4.90 Å². The molecule has 0 unspecified atom stereocenters. The van der Waals surface area contributed by atoms with Gasteiger partial charge in [0, 0.05) is 13.6 Å². The van der Waals surface area contributed by atoms with Crippen LogP contribution < -0.4 is 4.90 Å². The Hall–Kier alpha value is -0.830. The zero-order valence-electron chi connectivity index (χ0n) is 6.33. The number of likely N-dealkylation sites (N-methyl/N-ethyl adjacent to an activating group) is 1. The minimum atomic E-state index is 0.849. The van der Waals surface area contributed by atoms with Crippen LogP contribution in [0.3, 0.4) is 0 Å². The molecule has 2 heterocycles. The number of aldehydes is 1. The Labute approximate surface area is 69.4 Å². The zero-order valence-corrected chi connectivity index (χ0v) is 7.15. The van der Waals surface area contributed by atoms with Gasteiger partial charge >= 0.3 is 0 Å². The number of hydrogen-bond acceptors (Lipinski definition) is 3. The van der Waals surface area contributed by atoms with Gasteiger partial charge in [-0.3, -0.25) is 4.79 Å². The third-order valence-electron chi connectivity index (χ3n) is 1.99. The first kappa shape index (κ1) is 6.85. The Morgan fingerprint density at radius 1 is 1.73 bits per heavy atom. The summed E-state index contributed by atoms with van der Waals surface area (Å²) >= 11 is 1.59. The Balaban J connectivity index is 2.45. The normalized spacial score (nSPS) is 15.2. The molecule has 0 N–H and O–H groups in total. The summed E-state index contributed by atoms with van der Waals surface area (Å²) in [6.45, 7) is 1.10. The van der Waals surface area contributed by atoms with E-state index < -0.39 is 0 Å². The molecule has 2 nitrogen and oxygen atoms in total. The number of hydrogen-bond donors (Lipinski definition) is 0. The first-order valence-corrected chi connectivity index (χ1v) is 4.42. The first-order valence-electron chi connectivity index (χ1n) is 3.60. The predicted molar refractivity (Wildman–Crippen MR) is 46.7 cm³/mol. The molecule has 2 rings (SSSR count). The van der Waals surface area contributed by atoms with Crippen molar-refractivity contribution in [2.24, 2.45) is 0 Å². The van der Waals surface area contributed by atoms with Crippen molar-refractivity contribution in [2.45, 2.75) is 6.42 Å². The average Bonchev–Trinajstić information content (AvgIpc) is 2.53. The van der Waals surface area contributed by atoms with Crippen molar-refractivity contribution in [3.63, 3.8) is 0 Å². The maximum Gasteiger partial charge on any atom is 0.160 e. The lowest BCUT2D eigenvalue weighted by molar-refractivity contribution is 0.112. The standard InChI is InChI=1S/C8H9NOS/c1-9-3-2-6-4-7(5-10)11-8(6)9/h4-5H,2-3H2,1H3. The van der Waals surface area contributed by atoms with Gasteiger partial charge in [-0.15, -0.1) is 11.3 Å². The van der Waals surface area contributed by atoms with E-state index in [0.29, 0.717) is 0 Å². The van der Waals surface area contributed by atoms with Gasteiger partial charge in [-0.05, 0) is 18.1 Å². The zero-order chi connectivity index (χ0) is 7.84. The SMILES string of the molecule is CN1CCc2cc(C=O)sc21. The molecular weight excluding hydrogens is 158 g/mol. The fraction of sp³-hybridized carbons (Fsp3) is 0.375. The highest BCUT2D eigenvalue weighted by Gasteiger charge is 2.18. The van der Waals surface area contributed by atoms with Crippen LogP contribution in [0.15, 0.2) is 6.07 Å². The molecule has 0 saturated heterocycles. The van der Waals surface area contributed by atoms with Crippen LogP contribution in [0.1, 0.15) is 15.2 Å². The maximum atomic E-state index is 10.4. The minimum Gasteiger partial charge on any atom is -0.366 e. The Kier molecular flexibility index (Phi) is 1.46. The highest BCUT2D eigenvalue weighted by Crippen LogP contribution is 2.34. The number of anilines is 1. The summed E-state index contributed by atoms with van der Waals surface area (Å²) in [7, 11) is 2.07. The number of nitrogens with zero attached hydrogens (tertiary/aromatic N) is 1. The van der Waals surface area contributed by atoms with Crippen LogP contribution in [0, 0.1) is 0 Å². The molecular formula is C8H9NOS. The van der Waals surface area contributed by atoms with Gasteiger partial charge in [0.15, 0.2) is 6.29 Å². The lowest BCUT2D eigenvalue weighted by Crippen LogP contribution is -2.11. The van der Waals surface area contributed by atoms with Crippen molar-refractivity contribution in [3.05, 3.63) is 16.5 Å². The summed E-state index contributed by atoms with van der Waals surface area (Å²) in [5, 5.41) is 1.27. The third kappa shape index (κ3) is 0.959. The van der Waals surface area contributed by atoms with E-state index in [2.05, 4.69) is 11.9 Å². The van der Waals surface area contributed by atoms with Crippen LogP contribution in [0.25, 0.3) is 0 Å². The van der Waals surface area contributed by atoms with Gasteiger partial charge in [0.05, 0.1) is 9.88 Å². The number of thiophene rings is 1. The molecule has 1 aromatic heterocycles. The van der Waals surface area contributed by atoms with E-state index in [1.165, 1.54) is 10.6 Å². The molecule has 0 spiro atoms. The fourth-order valence-electron chi connectivity index (χ4n) is 1.39. The molecule has 58 valence electrons. The molecule has 1 aromatic rings. The summed E-state index contributed by atoms with van der Waals surface area (Å²) < 4.78 is 0. The van der Waals surface area contributed by atoms with Crippen LogP contribution in [-0.4, -0.2) is 19.9 Å². The summed E-state index contributed by atoms with van der Waals surface area (Å²) in [6.07, 6.45) is 2.02. The van der Waals surface area contributed by atoms with Gasteiger partial charge in [-0.1, -0.05) is 0 Å². The third-order valence-corrected chi connectivity index (χ3v) is 3.20. The topological polar surface area (TPSA) is 20.3 Å². The van der Waals surface area contributed by atoms with Crippen molar-refractivity contribution in [1.29, 1.82) is 0 Å². The van der Waals surface area contributed by atoms with Crippen LogP contribution in [-0.2, 0) is 6.42 Å². The van der Waals surface area contributed by atoms with Gasteiger partial charge in [0.1, 0.15) is 0 Å². The van der Waals surface area contributed by atoms with E-state index >= 15 is 0 Å². The lowest BCUT2D eigenvalue weighted by Gasteiger charge is -2.07. The van der Waals surface area contributed by atoms with E-state index in [-0.39, 0.29) is 0 Å². The summed E-state index contributed by atoms with van der Waals surface area (Å²) in [5.41, 5.74) is 1.33. The van der Waals surface area contributed by atoms with Crippen molar-refractivity contribution >= 4 is 22.6 Å². The lowest BCUT2D eigenvalue weighted by atomic mass is 10.2. The van der Waals surface area contributed by atoms with Crippen molar-refractivity contribution in [2.75, 3.05) is 18.5 Å². The van der Waals surface area contributed by atoms with E-state index in [0.717, 1.165) is 24.1 Å². The molecule has 1 aliphatic heterocycles. The number of carbonyl (C=O) groups excluding carboxylic acids is 1. The molecule has 0 atom stereocenters. The monoisotopic (exact) mass is 167 g/mol. The molecule has 0 amide bonds. The summed E-state index contributed by atoms with van der Waals surface area (Å²) in [5.74, 6) is 0. The molecule has 0 aromatic carbocycles. The van der Waals surface area contributed by atoms with E-state index in [4.69, 9.17) is 0 Å². The quantitative estimate of drug-likeness (QED) is 0.591. The van der Waals surface area contributed by atoms with Crippen LogP contribution in [0.5, 0.6) is 0 Å². The Morgan fingerprint density at radius 3 is 3.18 bits per heavy atom. The molecule has 11 heavy (non-hydrogen) atoms. The van der Waals surface area contributed by atoms with Gasteiger partial charge in [0.25, 0.3) is 0 Å². The molecule has 0 bridgehead atoms. The van der Waals surface area contributed by atoms with Crippen LogP contribution in [0.2, 0.25) is 0 Å². The second-order valence-electron chi connectivity index (χ2n) is 2.77. The summed E-state index contributed by atoms with van der Waals surface area (Å²) in [6, 6.07) is 2.00. The van der Waals surface area contributed by atoms with Crippen molar-refractivity contribution in [1.82, 2.24) is 0 Å². The molecule has 0 aliphatic carbocycles. The number of carbonyl (C=O) groups is 1. The smallest absolute Gasteiger partial charge is 0.160 e. The van der Waals surface area contributed by atoms with Gasteiger partial charge in [0.2, 0.25) is 0 Å². The van der Waals surface area contributed by atoms with Gasteiger partial charge in [-0.2, -0.15) is 0 Å². The van der Waals surface area contributed by atoms with Crippen LogP contribution >= 0.6 is 11.3 Å². The second kappa shape index (κ2) is 2.34. The molecule has 0 fully saturated rings. The average molecular weight is 167 g/mol. The Morgan fingerprint density at radius 2 is 2.55 bits per heavy atom. The maximum absolute atomic E-state index is 10.4. The predicted octanol–water partition coefficient (Wildman–Crippen LogP) is 1.55. The van der Waals surface area contributed by atoms with Gasteiger partial charge in [-0.25, -0.2) is 0 Å². The molecule has 3 heteroatoms. The summed E-state index contributed by atoms with van der Waals surface area (Å²) in [4.78, 5) is 13.5. The van der Waals surface area contributed by atoms with Crippen molar-refractivity contribution < 1.29 is 4.79 Å². The first-order chi connectivity index (χ1) is 5.31. The highest BCUT2D eigenvalue weighted by molar-refractivity contribution is 7.17. The van der Waals surface area contributed by atoms with E-state index in [9.17, 15) is 4.79 Å².